The number of carbonyl (C=O) groups excluding carboxylic acids is 1. The second kappa shape index (κ2) is 3.88. The van der Waals surface area contributed by atoms with Crippen molar-refractivity contribution in [2.45, 2.75) is 32.9 Å². The lowest BCUT2D eigenvalue weighted by Crippen LogP contribution is -2.29. The van der Waals surface area contributed by atoms with E-state index in [1.807, 2.05) is 0 Å². The van der Waals surface area contributed by atoms with Crippen LogP contribution in [-0.4, -0.2) is 27.1 Å². The molecule has 14 heavy (non-hydrogen) atoms. The summed E-state index contributed by atoms with van der Waals surface area (Å²) in [4.78, 5) is 10.8. The van der Waals surface area contributed by atoms with Crippen LogP contribution in [0.1, 0.15) is 25.0 Å². The molecule has 0 saturated carbocycles. The third-order valence-corrected chi connectivity index (χ3v) is 2.40. The van der Waals surface area contributed by atoms with Crippen molar-refractivity contribution in [1.29, 1.82) is 0 Å². The van der Waals surface area contributed by atoms with E-state index in [9.17, 15) is 4.79 Å². The second-order valence-corrected chi connectivity index (χ2v) is 3.56. The van der Waals surface area contributed by atoms with Crippen LogP contribution in [0.15, 0.2) is 0 Å². The molecule has 0 aliphatic carbocycles. The highest BCUT2D eigenvalue weighted by Gasteiger charge is 2.14. The van der Waals surface area contributed by atoms with Crippen LogP contribution in [0, 0.1) is 0 Å². The molecule has 1 aromatic rings. The van der Waals surface area contributed by atoms with E-state index in [0.717, 1.165) is 31.3 Å². The number of hydrogen-bond acceptors (Lipinski definition) is 4. The van der Waals surface area contributed by atoms with Crippen molar-refractivity contribution in [3.63, 3.8) is 0 Å². The lowest BCUT2D eigenvalue weighted by molar-refractivity contribution is -0.117. The smallest absolute Gasteiger partial charge is 0.147 e. The van der Waals surface area contributed by atoms with Crippen LogP contribution in [0.4, 0.5) is 0 Å². The quantitative estimate of drug-likeness (QED) is 0.730. The Morgan fingerprint density at radius 2 is 2.43 bits per heavy atom. The lowest BCUT2D eigenvalue weighted by Gasteiger charge is -2.15. The number of rotatable bonds is 3. The molecule has 76 valence electrons. The van der Waals surface area contributed by atoms with Crippen LogP contribution in [0.25, 0.3) is 0 Å². The van der Waals surface area contributed by atoms with Crippen molar-refractivity contribution in [2.75, 3.05) is 6.54 Å². The molecular formula is C9H14N4O. The normalized spacial score (nSPS) is 15.2. The van der Waals surface area contributed by atoms with Crippen molar-refractivity contribution < 1.29 is 4.79 Å². The van der Waals surface area contributed by atoms with Gasteiger partial charge in [0.25, 0.3) is 0 Å². The minimum Gasteiger partial charge on any atom is -0.313 e. The number of ketones is 1. The standard InChI is InChI=1S/C9H14N4O/c1-7(14)2-3-8-11-12-9-6-10-4-5-13(8)9/h10H,2-6H2,1H3. The zero-order chi connectivity index (χ0) is 9.97. The molecule has 0 spiro atoms. The fourth-order valence-electron chi connectivity index (χ4n) is 1.63. The van der Waals surface area contributed by atoms with Gasteiger partial charge in [-0.05, 0) is 6.92 Å². The van der Waals surface area contributed by atoms with Gasteiger partial charge in [0, 0.05) is 25.9 Å². The summed E-state index contributed by atoms with van der Waals surface area (Å²) in [5.74, 6) is 2.13. The van der Waals surface area contributed by atoms with E-state index in [-0.39, 0.29) is 5.78 Å². The van der Waals surface area contributed by atoms with Gasteiger partial charge in [-0.3, -0.25) is 0 Å². The summed E-state index contributed by atoms with van der Waals surface area (Å²) in [6.07, 6.45) is 1.27. The van der Waals surface area contributed by atoms with Crippen LogP contribution in [0.5, 0.6) is 0 Å². The topological polar surface area (TPSA) is 59.8 Å². The number of hydrogen-bond donors (Lipinski definition) is 1. The van der Waals surface area contributed by atoms with Gasteiger partial charge in [-0.25, -0.2) is 0 Å². The van der Waals surface area contributed by atoms with Crippen LogP contribution >= 0.6 is 0 Å². The van der Waals surface area contributed by atoms with E-state index < -0.39 is 0 Å². The molecule has 1 aliphatic rings. The Labute approximate surface area is 82.5 Å². The van der Waals surface area contributed by atoms with Gasteiger partial charge in [0.15, 0.2) is 0 Å². The highest BCUT2D eigenvalue weighted by atomic mass is 16.1. The van der Waals surface area contributed by atoms with Gasteiger partial charge in [-0.2, -0.15) is 0 Å². The molecule has 0 saturated heterocycles. The van der Waals surface area contributed by atoms with E-state index in [1.54, 1.807) is 6.92 Å². The Hall–Kier alpha value is -1.23. The molecule has 0 fully saturated rings. The second-order valence-electron chi connectivity index (χ2n) is 3.56. The van der Waals surface area contributed by atoms with Gasteiger partial charge in [-0.15, -0.1) is 10.2 Å². The first-order valence-electron chi connectivity index (χ1n) is 4.88. The molecule has 0 unspecified atom stereocenters. The van der Waals surface area contributed by atoms with Gasteiger partial charge >= 0.3 is 0 Å². The fraction of sp³-hybridized carbons (Fsp3) is 0.667. The van der Waals surface area contributed by atoms with Crippen LogP contribution in [-0.2, 0) is 24.3 Å². The summed E-state index contributed by atoms with van der Waals surface area (Å²) in [6.45, 7) is 4.26. The van der Waals surface area contributed by atoms with Crippen molar-refractivity contribution in [3.8, 4) is 0 Å². The Morgan fingerprint density at radius 1 is 1.57 bits per heavy atom. The molecule has 0 aromatic carbocycles. The van der Waals surface area contributed by atoms with E-state index >= 15 is 0 Å². The molecule has 1 N–H and O–H groups in total. The third-order valence-electron chi connectivity index (χ3n) is 2.40. The van der Waals surface area contributed by atoms with Crippen molar-refractivity contribution in [2.24, 2.45) is 0 Å². The Morgan fingerprint density at radius 3 is 3.21 bits per heavy atom. The van der Waals surface area contributed by atoms with Gasteiger partial charge in [0.05, 0.1) is 6.54 Å². The van der Waals surface area contributed by atoms with E-state index in [0.29, 0.717) is 12.8 Å². The average Bonchev–Trinajstić information content (AvgIpc) is 2.58. The van der Waals surface area contributed by atoms with Gasteiger partial charge < -0.3 is 14.7 Å². The predicted octanol–water partition coefficient (Wildman–Crippen LogP) is -0.0971. The predicted molar refractivity (Wildman–Crippen MR) is 50.7 cm³/mol. The number of nitrogens with one attached hydrogen (secondary N) is 1. The summed E-state index contributed by atoms with van der Waals surface area (Å²) < 4.78 is 2.11. The van der Waals surface area contributed by atoms with Crippen molar-refractivity contribution in [3.05, 3.63) is 11.6 Å². The molecule has 1 aliphatic heterocycles. The zero-order valence-electron chi connectivity index (χ0n) is 8.29. The molecule has 0 atom stereocenters. The highest BCUT2D eigenvalue weighted by Crippen LogP contribution is 2.07. The summed E-state index contributed by atoms with van der Waals surface area (Å²) in [6, 6.07) is 0. The first-order valence-corrected chi connectivity index (χ1v) is 4.88. The molecule has 1 aromatic heterocycles. The van der Waals surface area contributed by atoms with Crippen LogP contribution in [0.2, 0.25) is 0 Å². The number of aryl methyl sites for hydroxylation is 1. The minimum absolute atomic E-state index is 0.205. The van der Waals surface area contributed by atoms with E-state index in [2.05, 4.69) is 20.1 Å². The summed E-state index contributed by atoms with van der Waals surface area (Å²) >= 11 is 0. The Balaban J connectivity index is 2.10. The van der Waals surface area contributed by atoms with E-state index in [4.69, 9.17) is 0 Å². The number of carbonyl (C=O) groups is 1. The van der Waals surface area contributed by atoms with E-state index in [1.165, 1.54) is 0 Å². The molecule has 0 bridgehead atoms. The monoisotopic (exact) mass is 194 g/mol. The Kier molecular flexibility index (Phi) is 2.58. The lowest BCUT2D eigenvalue weighted by atomic mass is 10.2. The van der Waals surface area contributed by atoms with Gasteiger partial charge in [0.1, 0.15) is 17.4 Å². The molecule has 5 nitrogen and oxygen atoms in total. The van der Waals surface area contributed by atoms with Gasteiger partial charge in [0.2, 0.25) is 0 Å². The maximum atomic E-state index is 10.8. The molecular weight excluding hydrogens is 180 g/mol. The summed E-state index contributed by atoms with van der Waals surface area (Å²) in [5.41, 5.74) is 0. The Bertz CT molecular complexity index is 345. The largest absolute Gasteiger partial charge is 0.313 e. The maximum absolute atomic E-state index is 10.8. The number of nitrogens with zero attached hydrogens (tertiary/aromatic N) is 3. The minimum atomic E-state index is 0.205. The SMILES string of the molecule is CC(=O)CCc1nnc2n1CCNC2. The number of aromatic nitrogens is 3. The first-order chi connectivity index (χ1) is 6.77. The molecule has 5 heteroatoms. The number of fused-ring (bicyclic) bond motifs is 1. The fourth-order valence-corrected chi connectivity index (χ4v) is 1.63. The summed E-state index contributed by atoms with van der Waals surface area (Å²) in [5, 5.41) is 11.4. The van der Waals surface area contributed by atoms with Crippen LogP contribution < -0.4 is 5.32 Å². The maximum Gasteiger partial charge on any atom is 0.147 e. The molecule has 2 heterocycles. The third kappa shape index (κ3) is 1.82. The molecule has 0 radical (unpaired) electrons. The van der Waals surface area contributed by atoms with Crippen molar-refractivity contribution >= 4 is 5.78 Å². The zero-order valence-corrected chi connectivity index (χ0v) is 8.29. The summed E-state index contributed by atoms with van der Waals surface area (Å²) in [7, 11) is 0. The average molecular weight is 194 g/mol. The van der Waals surface area contributed by atoms with Crippen LogP contribution in [0.3, 0.4) is 0 Å². The van der Waals surface area contributed by atoms with Gasteiger partial charge in [-0.1, -0.05) is 0 Å². The molecule has 0 amide bonds. The number of Topliss-reactive ketones (excluding diaryl/α,β-unsaturated/α-hetero) is 1. The first kappa shape index (κ1) is 9.33. The van der Waals surface area contributed by atoms with Crippen molar-refractivity contribution in [1.82, 2.24) is 20.1 Å². The highest BCUT2D eigenvalue weighted by molar-refractivity contribution is 5.75. The molecule has 2 rings (SSSR count).